The highest BCUT2D eigenvalue weighted by Crippen LogP contribution is 2.31. The number of rotatable bonds is 7. The van der Waals surface area contributed by atoms with Crippen molar-refractivity contribution >= 4 is 32.6 Å². The maximum Gasteiger partial charge on any atom is 0.302 e. The lowest BCUT2D eigenvalue weighted by atomic mass is 10.2. The van der Waals surface area contributed by atoms with Gasteiger partial charge in [0.15, 0.2) is 0 Å². The summed E-state index contributed by atoms with van der Waals surface area (Å²) in [6.45, 7) is 1.47. The predicted octanol–water partition coefficient (Wildman–Crippen LogP) is 2.99. The van der Waals surface area contributed by atoms with Crippen LogP contribution in [0.15, 0.2) is 54.6 Å². The number of anilines is 2. The average molecular weight is 441 g/mol. The Labute approximate surface area is 181 Å². The summed E-state index contributed by atoms with van der Waals surface area (Å²) in [5.41, 5.74) is 2.34. The largest absolute Gasteiger partial charge is 0.496 e. The summed E-state index contributed by atoms with van der Waals surface area (Å²) in [4.78, 5) is 4.64. The molecule has 0 unspecified atom stereocenters. The Morgan fingerprint density at radius 1 is 1.19 bits per heavy atom. The Morgan fingerprint density at radius 2 is 2.06 bits per heavy atom. The number of para-hydroxylation sites is 1. The summed E-state index contributed by atoms with van der Waals surface area (Å²) in [5, 5.41) is 4.17. The molecule has 0 aliphatic carbocycles. The third-order valence-corrected chi connectivity index (χ3v) is 7.31. The molecule has 31 heavy (non-hydrogen) atoms. The van der Waals surface area contributed by atoms with E-state index in [9.17, 15) is 8.42 Å². The first kappa shape index (κ1) is 20.0. The molecule has 3 aromatic rings. The van der Waals surface area contributed by atoms with Crippen molar-refractivity contribution < 1.29 is 17.9 Å². The molecule has 0 spiro atoms. The number of pyridine rings is 1. The molecular weight excluding hydrogens is 416 g/mol. The Morgan fingerprint density at radius 3 is 2.84 bits per heavy atom. The van der Waals surface area contributed by atoms with Gasteiger partial charge in [0.2, 0.25) is 0 Å². The van der Waals surface area contributed by atoms with Crippen molar-refractivity contribution in [3.05, 3.63) is 60.2 Å². The molecular formula is C22H24N4O4S. The van der Waals surface area contributed by atoms with Crippen molar-refractivity contribution in [3.63, 3.8) is 0 Å². The van der Waals surface area contributed by atoms with E-state index in [4.69, 9.17) is 9.47 Å². The van der Waals surface area contributed by atoms with Crippen LogP contribution in [0.2, 0.25) is 0 Å². The van der Waals surface area contributed by atoms with Crippen molar-refractivity contribution in [3.8, 4) is 5.75 Å². The lowest BCUT2D eigenvalue weighted by Crippen LogP contribution is -2.44. The van der Waals surface area contributed by atoms with Crippen LogP contribution in [0.25, 0.3) is 10.9 Å². The first-order valence-electron chi connectivity index (χ1n) is 10.2. The Kier molecular flexibility index (Phi) is 5.17. The molecule has 2 aromatic carbocycles. The fourth-order valence-electron chi connectivity index (χ4n) is 4.19. The highest BCUT2D eigenvalue weighted by atomic mass is 32.2. The summed E-state index contributed by atoms with van der Waals surface area (Å²) >= 11 is 0. The number of ether oxygens (including phenoxy) is 2. The topological polar surface area (TPSA) is 92.8 Å². The first-order chi connectivity index (χ1) is 15.0. The molecule has 0 radical (unpaired) electrons. The van der Waals surface area contributed by atoms with Gasteiger partial charge >= 0.3 is 10.2 Å². The smallest absolute Gasteiger partial charge is 0.302 e. The van der Waals surface area contributed by atoms with Crippen molar-refractivity contribution in [2.45, 2.75) is 25.1 Å². The van der Waals surface area contributed by atoms with Crippen LogP contribution in [0, 0.1) is 0 Å². The van der Waals surface area contributed by atoms with E-state index in [1.54, 1.807) is 19.2 Å². The minimum atomic E-state index is -3.61. The summed E-state index contributed by atoms with van der Waals surface area (Å²) < 4.78 is 40.6. The third kappa shape index (κ3) is 4.04. The Hall–Kier alpha value is -2.88. The van der Waals surface area contributed by atoms with E-state index in [0.717, 1.165) is 34.5 Å². The van der Waals surface area contributed by atoms with E-state index < -0.39 is 10.2 Å². The molecule has 1 aromatic heterocycles. The number of hydrogen-bond donors (Lipinski definition) is 2. The number of nitrogens with zero attached hydrogens (tertiary/aromatic N) is 2. The molecule has 9 heteroatoms. The fourth-order valence-corrected chi connectivity index (χ4v) is 5.63. The molecule has 2 saturated heterocycles. The number of aromatic nitrogens is 1. The molecule has 2 bridgehead atoms. The Bertz CT molecular complexity index is 1220. The molecule has 3 heterocycles. The van der Waals surface area contributed by atoms with Gasteiger partial charge in [0, 0.05) is 24.0 Å². The van der Waals surface area contributed by atoms with E-state index in [-0.39, 0.29) is 12.1 Å². The maximum absolute atomic E-state index is 12.8. The summed E-state index contributed by atoms with van der Waals surface area (Å²) in [6.07, 6.45) is 0.789. The van der Waals surface area contributed by atoms with Crippen molar-refractivity contribution in [1.82, 2.24) is 9.29 Å². The van der Waals surface area contributed by atoms with Crippen LogP contribution in [-0.4, -0.2) is 50.1 Å². The highest BCUT2D eigenvalue weighted by molar-refractivity contribution is 7.90. The number of benzene rings is 2. The Balaban J connectivity index is 1.30. The van der Waals surface area contributed by atoms with Crippen LogP contribution in [0.3, 0.4) is 0 Å². The van der Waals surface area contributed by atoms with Gasteiger partial charge in [0.1, 0.15) is 11.6 Å². The zero-order chi connectivity index (χ0) is 21.4. The molecule has 2 aliphatic rings. The average Bonchev–Trinajstić information content (AvgIpc) is 3.42. The van der Waals surface area contributed by atoms with Crippen molar-refractivity contribution in [2.24, 2.45) is 0 Å². The second kappa shape index (κ2) is 7.99. The van der Waals surface area contributed by atoms with Crippen LogP contribution in [0.1, 0.15) is 12.0 Å². The number of hydrogen-bond acceptors (Lipinski definition) is 6. The van der Waals surface area contributed by atoms with Gasteiger partial charge in [-0.25, -0.2) is 4.98 Å². The molecule has 2 N–H and O–H groups in total. The van der Waals surface area contributed by atoms with Gasteiger partial charge in [-0.05, 0) is 42.8 Å². The lowest BCUT2D eigenvalue weighted by Gasteiger charge is -2.26. The third-order valence-electron chi connectivity index (χ3n) is 5.75. The van der Waals surface area contributed by atoms with Gasteiger partial charge < -0.3 is 14.8 Å². The molecule has 0 amide bonds. The monoisotopic (exact) mass is 440 g/mol. The summed E-state index contributed by atoms with van der Waals surface area (Å²) in [5.74, 6) is 1.56. The fraction of sp³-hybridized carbons (Fsp3) is 0.318. The van der Waals surface area contributed by atoms with E-state index in [0.29, 0.717) is 25.4 Å². The molecule has 2 aliphatic heterocycles. The molecule has 0 saturated carbocycles. The van der Waals surface area contributed by atoms with Gasteiger partial charge in [0.05, 0.1) is 37.1 Å². The van der Waals surface area contributed by atoms with Gasteiger partial charge in [-0.1, -0.05) is 18.2 Å². The minimum absolute atomic E-state index is 0.0177. The lowest BCUT2D eigenvalue weighted by molar-refractivity contribution is 0.0611. The van der Waals surface area contributed by atoms with E-state index in [2.05, 4.69) is 15.0 Å². The van der Waals surface area contributed by atoms with Gasteiger partial charge in [-0.2, -0.15) is 12.7 Å². The van der Waals surface area contributed by atoms with E-state index in [1.165, 1.54) is 4.31 Å². The minimum Gasteiger partial charge on any atom is -0.496 e. The normalized spacial score (nSPS) is 20.8. The first-order valence-corrected chi connectivity index (χ1v) is 11.6. The summed E-state index contributed by atoms with van der Waals surface area (Å²) in [6, 6.07) is 16.9. The van der Waals surface area contributed by atoms with Crippen LogP contribution in [-0.2, 0) is 21.5 Å². The zero-order valence-electron chi connectivity index (χ0n) is 17.1. The van der Waals surface area contributed by atoms with Crippen LogP contribution < -0.4 is 14.8 Å². The quantitative estimate of drug-likeness (QED) is 0.587. The highest BCUT2D eigenvalue weighted by Gasteiger charge is 2.45. The van der Waals surface area contributed by atoms with Crippen LogP contribution in [0.5, 0.6) is 5.75 Å². The summed E-state index contributed by atoms with van der Waals surface area (Å²) in [7, 11) is -1.95. The van der Waals surface area contributed by atoms with Gasteiger partial charge in [0.25, 0.3) is 0 Å². The van der Waals surface area contributed by atoms with Crippen molar-refractivity contribution in [1.29, 1.82) is 0 Å². The molecule has 162 valence electrons. The van der Waals surface area contributed by atoms with Crippen LogP contribution in [0.4, 0.5) is 11.5 Å². The number of morpholine rings is 1. The predicted molar refractivity (Wildman–Crippen MR) is 119 cm³/mol. The van der Waals surface area contributed by atoms with E-state index in [1.807, 2.05) is 42.5 Å². The number of nitrogens with one attached hydrogen (secondary N) is 2. The molecule has 5 rings (SSSR count). The second-order valence-electron chi connectivity index (χ2n) is 7.79. The van der Waals surface area contributed by atoms with Crippen molar-refractivity contribution in [2.75, 3.05) is 30.3 Å². The molecule has 2 fully saturated rings. The number of fused-ring (bicyclic) bond motifs is 3. The zero-order valence-corrected chi connectivity index (χ0v) is 17.9. The number of methoxy groups -OCH3 is 1. The molecule has 8 nitrogen and oxygen atoms in total. The van der Waals surface area contributed by atoms with Gasteiger partial charge in [-0.15, -0.1) is 0 Å². The second-order valence-corrected chi connectivity index (χ2v) is 9.41. The maximum atomic E-state index is 12.8. The molecule has 2 atom stereocenters. The van der Waals surface area contributed by atoms with Gasteiger partial charge in [-0.3, -0.25) is 4.72 Å². The van der Waals surface area contributed by atoms with E-state index >= 15 is 0 Å². The SMILES string of the molecule is COc1ccccc1CNc1ccc2cc(NS(=O)(=O)N3C[C@@H]4C[C@@H]3CO4)ccc2n1. The standard InChI is InChI=1S/C22H24N4O4S/c1-29-21-5-3-2-4-16(21)12-23-22-9-6-15-10-17(7-8-20(15)24-22)25-31(27,28)26-13-19-11-18(26)14-30-19/h2-10,18-19,25H,11-14H2,1H3,(H,23,24)/t18-,19+/m1/s1. The van der Waals surface area contributed by atoms with Crippen LogP contribution >= 0.6 is 0 Å².